The van der Waals surface area contributed by atoms with Crippen molar-refractivity contribution in [2.75, 3.05) is 12.3 Å². The highest BCUT2D eigenvalue weighted by Crippen LogP contribution is 2.28. The fraction of sp³-hybridized carbons (Fsp3) is 0.259. The van der Waals surface area contributed by atoms with Crippen molar-refractivity contribution in [1.29, 1.82) is 0 Å². The van der Waals surface area contributed by atoms with Crippen LogP contribution in [0.4, 0.5) is 0 Å². The molecule has 0 fully saturated rings. The summed E-state index contributed by atoms with van der Waals surface area (Å²) in [5.41, 5.74) is 1.96. The fourth-order valence-electron chi connectivity index (χ4n) is 3.38. The third kappa shape index (κ3) is 9.22. The van der Waals surface area contributed by atoms with Crippen molar-refractivity contribution < 1.29 is 14.7 Å². The molecule has 1 atom stereocenters. The number of Topliss-reactive ketones (excluding diaryl/α,β-unsaturated/α-hetero) is 1. The molecule has 8 heteroatoms. The second-order valence-corrected chi connectivity index (χ2v) is 9.90. The summed E-state index contributed by atoms with van der Waals surface area (Å²) in [4.78, 5) is 26.0. The maximum atomic E-state index is 13.0. The molecule has 0 aliphatic heterocycles. The molecule has 0 radical (unpaired) electrons. The molecule has 0 bridgehead atoms. The lowest BCUT2D eigenvalue weighted by atomic mass is 10.1. The number of aromatic hydroxyl groups is 1. The molecule has 184 valence electrons. The Morgan fingerprint density at radius 2 is 1.63 bits per heavy atom. The number of ketones is 1. The number of rotatable bonds is 13. The SMILES string of the molecule is O=C(CCN[C@H](CSc1ccccc1O)C(=O)NCc1ccc(Cl)c(Cl)c1)CCc1ccccc1. The molecular weight excluding hydrogens is 503 g/mol. The van der Waals surface area contributed by atoms with Crippen molar-refractivity contribution >= 4 is 46.7 Å². The van der Waals surface area contributed by atoms with Crippen LogP contribution < -0.4 is 10.6 Å². The zero-order chi connectivity index (χ0) is 25.0. The van der Waals surface area contributed by atoms with Gasteiger partial charge >= 0.3 is 0 Å². The molecule has 3 N–H and O–H groups in total. The standard InChI is InChI=1S/C27H28Cl2N2O3S/c28-22-13-11-20(16-23(22)29)17-31-27(34)24(18-35-26-9-5-4-8-25(26)33)30-15-14-21(32)12-10-19-6-2-1-3-7-19/h1-9,11,13,16,24,30,33H,10,12,14-15,17-18H2,(H,31,34)/t24-/m1/s1. The highest BCUT2D eigenvalue weighted by molar-refractivity contribution is 7.99. The van der Waals surface area contributed by atoms with Crippen LogP contribution in [0.15, 0.2) is 77.7 Å². The summed E-state index contributed by atoms with van der Waals surface area (Å²) in [6.45, 7) is 0.685. The van der Waals surface area contributed by atoms with Gasteiger partial charge < -0.3 is 15.7 Å². The summed E-state index contributed by atoms with van der Waals surface area (Å²) >= 11 is 13.4. The molecule has 0 aromatic heterocycles. The third-order valence-corrected chi connectivity index (χ3v) is 7.26. The van der Waals surface area contributed by atoms with Crippen molar-refractivity contribution in [2.45, 2.75) is 36.7 Å². The summed E-state index contributed by atoms with van der Waals surface area (Å²) in [6.07, 6.45) is 1.51. The molecule has 1 amide bonds. The molecular formula is C27H28Cl2N2O3S. The minimum atomic E-state index is -0.552. The summed E-state index contributed by atoms with van der Waals surface area (Å²) in [5.74, 6) is 0.507. The molecule has 0 saturated carbocycles. The van der Waals surface area contributed by atoms with Gasteiger partial charge in [0.15, 0.2) is 0 Å². The van der Waals surface area contributed by atoms with E-state index in [1.165, 1.54) is 11.8 Å². The lowest BCUT2D eigenvalue weighted by Crippen LogP contribution is -2.46. The smallest absolute Gasteiger partial charge is 0.238 e. The Morgan fingerprint density at radius 3 is 2.37 bits per heavy atom. The Morgan fingerprint density at radius 1 is 0.886 bits per heavy atom. The molecule has 0 saturated heterocycles. The Labute approximate surface area is 220 Å². The average Bonchev–Trinajstić information content (AvgIpc) is 2.87. The molecule has 5 nitrogen and oxygen atoms in total. The summed E-state index contributed by atoms with van der Waals surface area (Å²) < 4.78 is 0. The number of amides is 1. The minimum absolute atomic E-state index is 0.143. The topological polar surface area (TPSA) is 78.4 Å². The normalized spacial score (nSPS) is 11.7. The minimum Gasteiger partial charge on any atom is -0.507 e. The largest absolute Gasteiger partial charge is 0.507 e. The number of halogens is 2. The maximum Gasteiger partial charge on any atom is 0.238 e. The Kier molecular flexibility index (Phi) is 10.9. The molecule has 0 aliphatic carbocycles. The van der Waals surface area contributed by atoms with E-state index in [-0.39, 0.29) is 17.4 Å². The Bertz CT molecular complexity index is 1130. The van der Waals surface area contributed by atoms with Gasteiger partial charge in [-0.25, -0.2) is 0 Å². The van der Waals surface area contributed by atoms with Crippen molar-refractivity contribution in [3.63, 3.8) is 0 Å². The number of hydrogen-bond acceptors (Lipinski definition) is 5. The van der Waals surface area contributed by atoms with Crippen LogP contribution >= 0.6 is 35.0 Å². The lowest BCUT2D eigenvalue weighted by molar-refractivity contribution is -0.123. The van der Waals surface area contributed by atoms with Gasteiger partial charge in [-0.15, -0.1) is 11.8 Å². The molecule has 3 aromatic rings. The monoisotopic (exact) mass is 530 g/mol. The number of carbonyl (C=O) groups excluding carboxylic acids is 2. The van der Waals surface area contributed by atoms with Crippen molar-refractivity contribution in [3.8, 4) is 5.75 Å². The van der Waals surface area contributed by atoms with Crippen molar-refractivity contribution in [2.24, 2.45) is 0 Å². The molecule has 0 heterocycles. The second kappa shape index (κ2) is 14.1. The molecule has 0 spiro atoms. The molecule has 35 heavy (non-hydrogen) atoms. The summed E-state index contributed by atoms with van der Waals surface area (Å²) in [6, 6.07) is 21.6. The average molecular weight is 532 g/mol. The van der Waals surface area contributed by atoms with Crippen LogP contribution in [0.2, 0.25) is 10.0 Å². The van der Waals surface area contributed by atoms with E-state index < -0.39 is 6.04 Å². The first-order valence-electron chi connectivity index (χ1n) is 11.3. The second-order valence-electron chi connectivity index (χ2n) is 8.03. The van der Waals surface area contributed by atoms with Crippen molar-refractivity contribution in [3.05, 3.63) is 94.0 Å². The van der Waals surface area contributed by atoms with Gasteiger partial charge in [-0.1, -0.05) is 71.7 Å². The summed E-state index contributed by atoms with van der Waals surface area (Å²) in [7, 11) is 0. The summed E-state index contributed by atoms with van der Waals surface area (Å²) in [5, 5.41) is 17.1. The predicted molar refractivity (Wildman–Crippen MR) is 143 cm³/mol. The van der Waals surface area contributed by atoms with Gasteiger partial charge in [-0.2, -0.15) is 0 Å². The number of nitrogens with one attached hydrogen (secondary N) is 2. The maximum absolute atomic E-state index is 13.0. The third-order valence-electron chi connectivity index (χ3n) is 5.37. The molecule has 0 unspecified atom stereocenters. The zero-order valence-corrected chi connectivity index (χ0v) is 21.5. The van der Waals surface area contributed by atoms with Crippen LogP contribution in [0.25, 0.3) is 0 Å². The van der Waals surface area contributed by atoms with Crippen LogP contribution in [-0.4, -0.2) is 35.1 Å². The first kappa shape index (κ1) is 27.1. The van der Waals surface area contributed by atoms with E-state index >= 15 is 0 Å². The van der Waals surface area contributed by atoms with Gasteiger partial charge in [0, 0.05) is 36.6 Å². The van der Waals surface area contributed by atoms with Gasteiger partial charge in [-0.05, 0) is 41.8 Å². The highest BCUT2D eigenvalue weighted by atomic mass is 35.5. The first-order chi connectivity index (χ1) is 16.9. The number of para-hydroxylation sites is 1. The van der Waals surface area contributed by atoms with Gasteiger partial charge in [-0.3, -0.25) is 9.59 Å². The van der Waals surface area contributed by atoms with E-state index in [1.54, 1.807) is 36.4 Å². The Hall–Kier alpha value is -2.51. The first-order valence-corrected chi connectivity index (χ1v) is 13.1. The quantitative estimate of drug-likeness (QED) is 0.248. The Balaban J connectivity index is 1.53. The van der Waals surface area contributed by atoms with Gasteiger partial charge in [0.2, 0.25) is 5.91 Å². The fourth-order valence-corrected chi connectivity index (χ4v) is 4.71. The lowest BCUT2D eigenvalue weighted by Gasteiger charge is -2.18. The van der Waals surface area contributed by atoms with E-state index in [1.807, 2.05) is 36.4 Å². The molecule has 3 aromatic carbocycles. The number of thioether (sulfide) groups is 1. The van der Waals surface area contributed by atoms with Gasteiger partial charge in [0.05, 0.1) is 16.1 Å². The van der Waals surface area contributed by atoms with Crippen LogP contribution in [0.1, 0.15) is 24.0 Å². The predicted octanol–water partition coefficient (Wildman–Crippen LogP) is 5.66. The van der Waals surface area contributed by atoms with Crippen LogP contribution in [0, 0.1) is 0 Å². The van der Waals surface area contributed by atoms with E-state index in [4.69, 9.17) is 23.2 Å². The van der Waals surface area contributed by atoms with E-state index in [2.05, 4.69) is 10.6 Å². The number of benzene rings is 3. The van der Waals surface area contributed by atoms with Crippen molar-refractivity contribution in [1.82, 2.24) is 10.6 Å². The highest BCUT2D eigenvalue weighted by Gasteiger charge is 2.19. The zero-order valence-electron chi connectivity index (χ0n) is 19.2. The van der Waals surface area contributed by atoms with E-state index in [0.717, 1.165) is 11.1 Å². The van der Waals surface area contributed by atoms with E-state index in [9.17, 15) is 14.7 Å². The molecule has 0 aliphatic rings. The number of carbonyl (C=O) groups is 2. The van der Waals surface area contributed by atoms with Crippen LogP contribution in [-0.2, 0) is 22.6 Å². The number of hydrogen-bond donors (Lipinski definition) is 3. The number of aryl methyl sites for hydroxylation is 1. The van der Waals surface area contributed by atoms with E-state index in [0.29, 0.717) is 53.0 Å². The van der Waals surface area contributed by atoms with Crippen LogP contribution in [0.5, 0.6) is 5.75 Å². The van der Waals surface area contributed by atoms with Gasteiger partial charge in [0.1, 0.15) is 11.5 Å². The van der Waals surface area contributed by atoms with Gasteiger partial charge in [0.25, 0.3) is 0 Å². The number of phenols is 1. The number of phenolic OH excluding ortho intramolecular Hbond substituents is 1. The van der Waals surface area contributed by atoms with Crippen LogP contribution in [0.3, 0.4) is 0 Å². The molecule has 3 rings (SSSR count).